The zero-order valence-electron chi connectivity index (χ0n) is 26.1. The fraction of sp³-hybridized carbons (Fsp3) is 0.278. The Labute approximate surface area is 276 Å². The van der Waals surface area contributed by atoms with Gasteiger partial charge in [0.2, 0.25) is 0 Å². The number of esters is 6. The minimum Gasteiger partial charge on any atom is -0.462 e. The van der Waals surface area contributed by atoms with Gasteiger partial charge in [-0.1, -0.05) is 0 Å². The molecule has 12 heteroatoms. The van der Waals surface area contributed by atoms with Crippen LogP contribution in [-0.4, -0.2) is 75.5 Å². The molecule has 3 aromatic carbocycles. The molecule has 4 aliphatic rings. The van der Waals surface area contributed by atoms with Gasteiger partial charge in [-0.2, -0.15) is 0 Å². The molecule has 6 bridgehead atoms. The van der Waals surface area contributed by atoms with Gasteiger partial charge in [-0.25, -0.2) is 28.8 Å². The molecule has 12 nitrogen and oxygen atoms in total. The lowest BCUT2D eigenvalue weighted by molar-refractivity contribution is 0.0429. The lowest BCUT2D eigenvalue weighted by Crippen LogP contribution is -2.11. The largest absolute Gasteiger partial charge is 0.462 e. The van der Waals surface area contributed by atoms with Gasteiger partial charge < -0.3 is 28.4 Å². The van der Waals surface area contributed by atoms with Crippen molar-refractivity contribution in [3.8, 4) is 0 Å². The summed E-state index contributed by atoms with van der Waals surface area (Å²) in [5.41, 5.74) is 1.51. The predicted molar refractivity (Wildman–Crippen MR) is 169 cm³/mol. The molecule has 0 aromatic heterocycles. The molecule has 0 unspecified atom stereocenters. The monoisotopic (exact) mass is 658 g/mol. The Morgan fingerprint density at radius 2 is 0.479 bits per heavy atom. The maximum absolute atomic E-state index is 12.3. The van der Waals surface area contributed by atoms with Crippen LogP contribution in [-0.2, 0) is 28.4 Å². The van der Waals surface area contributed by atoms with E-state index in [1.807, 2.05) is 0 Å². The highest BCUT2D eigenvalue weighted by atomic mass is 16.6. The molecule has 0 aliphatic carbocycles. The summed E-state index contributed by atoms with van der Waals surface area (Å²) in [5.74, 6) is -3.46. The highest BCUT2D eigenvalue weighted by Gasteiger charge is 2.14. The zero-order valence-corrected chi connectivity index (χ0v) is 26.1. The van der Waals surface area contributed by atoms with Crippen LogP contribution in [0, 0.1) is 0 Å². The fourth-order valence-electron chi connectivity index (χ4n) is 4.18. The fourth-order valence-corrected chi connectivity index (χ4v) is 4.18. The predicted octanol–water partition coefficient (Wildman–Crippen LogP) is 5.16. The van der Waals surface area contributed by atoms with Crippen LogP contribution in [0.3, 0.4) is 0 Å². The summed E-state index contributed by atoms with van der Waals surface area (Å²) in [7, 11) is 0. The van der Waals surface area contributed by atoms with Gasteiger partial charge >= 0.3 is 35.8 Å². The van der Waals surface area contributed by atoms with E-state index in [0.717, 1.165) is 0 Å². The Morgan fingerprint density at radius 3 is 0.688 bits per heavy atom. The van der Waals surface area contributed by atoms with Crippen molar-refractivity contribution in [1.82, 2.24) is 0 Å². The summed E-state index contributed by atoms with van der Waals surface area (Å²) in [5, 5.41) is 0. The number of rotatable bonds is 0. The van der Waals surface area contributed by atoms with Crippen LogP contribution in [0.1, 0.15) is 87.8 Å². The molecule has 0 amide bonds. The van der Waals surface area contributed by atoms with Crippen molar-refractivity contribution in [2.45, 2.75) is 25.7 Å². The second-order valence-corrected chi connectivity index (χ2v) is 10.4. The SMILES string of the molecule is O=C1OCC=CCOC(=O)c2ccc(cc2)C(=O)OCCCCOC(=O)c2ccc(cc2)C(=O)OCCCCOC(=O)c2ccc1cc2. The van der Waals surface area contributed by atoms with E-state index in [0.29, 0.717) is 25.7 Å². The van der Waals surface area contributed by atoms with Gasteiger partial charge in [-0.05, 0) is 111 Å². The minimum absolute atomic E-state index is 0.0657. The van der Waals surface area contributed by atoms with Gasteiger partial charge in [0, 0.05) is 0 Å². The van der Waals surface area contributed by atoms with Gasteiger partial charge in [-0.15, -0.1) is 0 Å². The number of carbonyl (C=O) groups is 6. The van der Waals surface area contributed by atoms with Gasteiger partial charge in [0.15, 0.2) is 0 Å². The summed E-state index contributed by atoms with van der Waals surface area (Å²) < 4.78 is 31.4. The highest BCUT2D eigenvalue weighted by molar-refractivity contribution is 5.95. The second kappa shape index (κ2) is 18.4. The molecule has 0 N–H and O–H groups in total. The zero-order chi connectivity index (χ0) is 34.1. The summed E-state index contributed by atoms with van der Waals surface area (Å²) in [6.45, 7) is 0.303. The van der Waals surface area contributed by atoms with E-state index in [9.17, 15) is 28.8 Å². The number of fused-ring (bicyclic) bond motifs is 3. The average molecular weight is 659 g/mol. The van der Waals surface area contributed by atoms with E-state index in [4.69, 9.17) is 28.4 Å². The van der Waals surface area contributed by atoms with Crippen LogP contribution in [0.2, 0.25) is 0 Å². The molecular formula is C36H34O12. The first-order valence-corrected chi connectivity index (χ1v) is 15.3. The minimum atomic E-state index is -0.605. The molecule has 7 rings (SSSR count). The Balaban J connectivity index is 1.33. The van der Waals surface area contributed by atoms with Crippen molar-refractivity contribution in [2.24, 2.45) is 0 Å². The van der Waals surface area contributed by atoms with Crippen LogP contribution in [0.4, 0.5) is 0 Å². The van der Waals surface area contributed by atoms with Crippen LogP contribution in [0.15, 0.2) is 84.9 Å². The van der Waals surface area contributed by atoms with Gasteiger partial charge in [0.25, 0.3) is 0 Å². The summed E-state index contributed by atoms with van der Waals surface area (Å²) in [6, 6.07) is 17.4. The van der Waals surface area contributed by atoms with Crippen molar-refractivity contribution >= 4 is 35.8 Å². The standard InChI is InChI=1S/C36H34O12/c37-31-25-7-9-27(10-8-25)33(39)45-21-3-4-23-47-35(41)29-15-17-30(18-16-29)36(42)48-24-6-5-22-46-34(40)28-13-11-26(12-14-28)32(38)44-20-2-1-19-43-31/h1-2,7-18H,3-6,19-24H2. The van der Waals surface area contributed by atoms with Crippen molar-refractivity contribution in [3.05, 3.63) is 118 Å². The molecule has 0 saturated carbocycles. The summed E-state index contributed by atoms with van der Waals surface area (Å²) >= 11 is 0. The van der Waals surface area contributed by atoms with E-state index in [-0.39, 0.29) is 73.0 Å². The second-order valence-electron chi connectivity index (χ2n) is 10.4. The Morgan fingerprint density at radius 1 is 0.292 bits per heavy atom. The maximum atomic E-state index is 12.3. The number of ether oxygens (including phenoxy) is 6. The first kappa shape index (κ1) is 35.1. The van der Waals surface area contributed by atoms with Crippen LogP contribution >= 0.6 is 0 Å². The number of hydrogen-bond donors (Lipinski definition) is 0. The van der Waals surface area contributed by atoms with Crippen molar-refractivity contribution < 1.29 is 57.2 Å². The lowest BCUT2D eigenvalue weighted by atomic mass is 10.1. The third kappa shape index (κ3) is 10.9. The molecule has 0 radical (unpaired) electrons. The van der Waals surface area contributed by atoms with Crippen LogP contribution in [0.25, 0.3) is 0 Å². The Bertz CT molecular complexity index is 1490. The maximum Gasteiger partial charge on any atom is 0.338 e. The Kier molecular flexibility index (Phi) is 13.4. The van der Waals surface area contributed by atoms with Gasteiger partial charge in [0.05, 0.1) is 59.8 Å². The van der Waals surface area contributed by atoms with E-state index < -0.39 is 35.8 Å². The summed E-state index contributed by atoms with van der Waals surface area (Å²) in [6.07, 6.45) is 4.86. The third-order valence-electron chi connectivity index (χ3n) is 6.87. The Hall–Kier alpha value is -5.78. The van der Waals surface area contributed by atoms with Crippen molar-refractivity contribution in [2.75, 3.05) is 39.6 Å². The molecular weight excluding hydrogens is 624 g/mol. The molecule has 0 atom stereocenters. The molecule has 0 saturated heterocycles. The highest BCUT2D eigenvalue weighted by Crippen LogP contribution is 2.12. The quantitative estimate of drug-likeness (QED) is 0.178. The van der Waals surface area contributed by atoms with Crippen LogP contribution < -0.4 is 0 Å². The van der Waals surface area contributed by atoms with Gasteiger partial charge in [0.1, 0.15) is 13.2 Å². The summed E-state index contributed by atoms with van der Waals surface area (Å²) in [4.78, 5) is 74.0. The molecule has 250 valence electrons. The first-order chi connectivity index (χ1) is 23.3. The number of benzene rings is 3. The third-order valence-corrected chi connectivity index (χ3v) is 6.87. The molecule has 0 spiro atoms. The normalized spacial score (nSPS) is 16.7. The van der Waals surface area contributed by atoms with Crippen LogP contribution in [0.5, 0.6) is 0 Å². The first-order valence-electron chi connectivity index (χ1n) is 15.3. The molecule has 3 aromatic rings. The van der Waals surface area contributed by atoms with E-state index in [1.54, 1.807) is 0 Å². The van der Waals surface area contributed by atoms with E-state index in [1.165, 1.54) is 84.9 Å². The number of hydrogen-bond acceptors (Lipinski definition) is 12. The van der Waals surface area contributed by atoms with E-state index in [2.05, 4.69) is 0 Å². The molecule has 0 fully saturated rings. The van der Waals surface area contributed by atoms with E-state index >= 15 is 0 Å². The average Bonchev–Trinajstić information content (AvgIpc) is 3.11. The molecule has 4 heterocycles. The molecule has 48 heavy (non-hydrogen) atoms. The number of carbonyl (C=O) groups excluding carboxylic acids is 6. The van der Waals surface area contributed by atoms with Crippen molar-refractivity contribution in [1.29, 1.82) is 0 Å². The topological polar surface area (TPSA) is 158 Å². The van der Waals surface area contributed by atoms with Gasteiger partial charge in [-0.3, -0.25) is 0 Å². The smallest absolute Gasteiger partial charge is 0.338 e. The van der Waals surface area contributed by atoms with Crippen molar-refractivity contribution in [3.63, 3.8) is 0 Å². The molecule has 4 aliphatic heterocycles. The lowest BCUT2D eigenvalue weighted by Gasteiger charge is -2.08.